The van der Waals surface area contributed by atoms with Crippen molar-refractivity contribution in [3.05, 3.63) is 48.6 Å². The van der Waals surface area contributed by atoms with Crippen molar-refractivity contribution in [2.45, 2.75) is 117 Å². The van der Waals surface area contributed by atoms with Gasteiger partial charge in [0, 0.05) is 13.0 Å². The van der Waals surface area contributed by atoms with Crippen molar-refractivity contribution in [2.24, 2.45) is 11.8 Å². The molecule has 0 bridgehead atoms. The molecule has 2 rings (SSSR count). The molecule has 0 spiro atoms. The Balaban J connectivity index is 2.21. The highest BCUT2D eigenvalue weighted by Crippen LogP contribution is 2.20. The van der Waals surface area contributed by atoms with Gasteiger partial charge in [0.05, 0.1) is 0 Å². The highest BCUT2D eigenvalue weighted by atomic mass is 16.6. The van der Waals surface area contributed by atoms with Crippen LogP contribution in [0, 0.1) is 11.8 Å². The Hall–Kier alpha value is -4.42. The molecule has 1 fully saturated rings. The molecule has 1 aromatic rings. The minimum Gasteiger partial charge on any atom is -0.460 e. The minimum atomic E-state index is -1.25. The van der Waals surface area contributed by atoms with Crippen LogP contribution in [0.3, 0.4) is 0 Å². The third-order valence-corrected chi connectivity index (χ3v) is 7.59. The van der Waals surface area contributed by atoms with Gasteiger partial charge in [-0.25, -0.2) is 9.59 Å². The summed E-state index contributed by atoms with van der Waals surface area (Å²) in [6.07, 6.45) is 1.64. The van der Waals surface area contributed by atoms with E-state index in [0.29, 0.717) is 19.4 Å². The molecule has 3 N–H and O–H groups in total. The zero-order chi connectivity index (χ0) is 36.7. The molecule has 1 saturated heterocycles. The van der Waals surface area contributed by atoms with Crippen molar-refractivity contribution >= 4 is 35.8 Å². The van der Waals surface area contributed by atoms with Crippen molar-refractivity contribution in [1.82, 2.24) is 20.9 Å². The second kappa shape index (κ2) is 19.5. The van der Waals surface area contributed by atoms with Crippen LogP contribution < -0.4 is 16.0 Å². The molecule has 272 valence electrons. The second-order valence-electron chi connectivity index (χ2n) is 13.9. The summed E-state index contributed by atoms with van der Waals surface area (Å²) >= 11 is 0. The molecule has 13 nitrogen and oxygen atoms in total. The fourth-order valence-electron chi connectivity index (χ4n) is 5.21. The summed E-state index contributed by atoms with van der Waals surface area (Å²) in [5.41, 5.74) is 0.0492. The van der Waals surface area contributed by atoms with Crippen LogP contribution in [-0.2, 0) is 44.8 Å². The van der Waals surface area contributed by atoms with Crippen LogP contribution in [0.4, 0.5) is 4.79 Å². The summed E-state index contributed by atoms with van der Waals surface area (Å²) in [6, 6.07) is 4.99. The highest BCUT2D eigenvalue weighted by Gasteiger charge is 2.38. The maximum Gasteiger partial charge on any atom is 0.410 e. The molecule has 4 atom stereocenters. The molecule has 13 heteroatoms. The average molecular weight is 687 g/mol. The number of amides is 4. The van der Waals surface area contributed by atoms with Crippen LogP contribution in [-0.4, -0.2) is 83.6 Å². The van der Waals surface area contributed by atoms with E-state index in [1.54, 1.807) is 34.6 Å². The number of nitrogens with one attached hydrogen (secondary N) is 3. The number of benzene rings is 1. The molecule has 1 heterocycles. The molecular weight excluding hydrogens is 632 g/mol. The summed E-state index contributed by atoms with van der Waals surface area (Å²) in [5.74, 6) is -3.51. The number of hydrogen-bond donors (Lipinski definition) is 3. The first kappa shape index (κ1) is 40.8. The Bertz CT molecular complexity index is 1290. The topological polar surface area (TPSA) is 169 Å². The number of rotatable bonds is 17. The van der Waals surface area contributed by atoms with Gasteiger partial charge in [0.15, 0.2) is 0 Å². The van der Waals surface area contributed by atoms with E-state index in [2.05, 4.69) is 22.5 Å². The van der Waals surface area contributed by atoms with Gasteiger partial charge in [-0.05, 0) is 63.9 Å². The molecule has 0 saturated carbocycles. The van der Waals surface area contributed by atoms with Crippen molar-refractivity contribution in [3.8, 4) is 0 Å². The molecule has 0 radical (unpaired) electrons. The zero-order valence-electron chi connectivity index (χ0n) is 29.9. The molecule has 1 aliphatic heterocycles. The maximum absolute atomic E-state index is 13.8. The lowest BCUT2D eigenvalue weighted by Crippen LogP contribution is -2.58. The molecule has 4 amide bonds. The Morgan fingerprint density at radius 2 is 1.59 bits per heavy atom. The Kier molecular flexibility index (Phi) is 16.3. The number of carbonyl (C=O) groups excluding carboxylic acids is 6. The average Bonchev–Trinajstić information content (AvgIpc) is 3.52. The fourth-order valence-corrected chi connectivity index (χ4v) is 5.21. The first-order chi connectivity index (χ1) is 23.0. The summed E-state index contributed by atoms with van der Waals surface area (Å²) < 4.78 is 16.0. The number of hydrogen-bond acceptors (Lipinski definition) is 9. The first-order valence-electron chi connectivity index (χ1n) is 16.9. The highest BCUT2D eigenvalue weighted by molar-refractivity contribution is 5.95. The number of likely N-dealkylation sites (tertiary alicyclic amines) is 1. The summed E-state index contributed by atoms with van der Waals surface area (Å²) in [4.78, 5) is 80.4. The smallest absolute Gasteiger partial charge is 0.410 e. The van der Waals surface area contributed by atoms with E-state index in [0.717, 1.165) is 5.56 Å². The van der Waals surface area contributed by atoms with Crippen LogP contribution in [0.25, 0.3) is 0 Å². The lowest BCUT2D eigenvalue weighted by molar-refractivity contribution is -0.155. The van der Waals surface area contributed by atoms with E-state index in [-0.39, 0.29) is 44.3 Å². The number of ether oxygens (including phenoxy) is 3. The monoisotopic (exact) mass is 686 g/mol. The summed E-state index contributed by atoms with van der Waals surface area (Å²) in [7, 11) is 0. The van der Waals surface area contributed by atoms with Crippen LogP contribution in [0.15, 0.2) is 43.0 Å². The van der Waals surface area contributed by atoms with Gasteiger partial charge in [0.2, 0.25) is 17.7 Å². The van der Waals surface area contributed by atoms with Gasteiger partial charge in [-0.1, -0.05) is 70.7 Å². The van der Waals surface area contributed by atoms with Crippen molar-refractivity contribution in [1.29, 1.82) is 0 Å². The predicted molar refractivity (Wildman–Crippen MR) is 183 cm³/mol. The van der Waals surface area contributed by atoms with Gasteiger partial charge in [-0.15, -0.1) is 0 Å². The third-order valence-electron chi connectivity index (χ3n) is 7.59. The van der Waals surface area contributed by atoms with Gasteiger partial charge >= 0.3 is 18.0 Å². The Labute approximate surface area is 289 Å². The van der Waals surface area contributed by atoms with E-state index in [1.807, 2.05) is 44.2 Å². The van der Waals surface area contributed by atoms with Crippen LogP contribution in [0.1, 0.15) is 86.1 Å². The fraction of sp³-hybridized carbons (Fsp3) is 0.611. The van der Waals surface area contributed by atoms with E-state index in [4.69, 9.17) is 14.2 Å². The molecule has 0 aromatic heterocycles. The molecular formula is C36H54N4O9. The summed E-state index contributed by atoms with van der Waals surface area (Å²) in [5, 5.41) is 8.12. The van der Waals surface area contributed by atoms with Crippen molar-refractivity contribution in [2.75, 3.05) is 13.2 Å². The number of carbonyl (C=O) groups is 6. The minimum absolute atomic E-state index is 0.0365. The van der Waals surface area contributed by atoms with Crippen molar-refractivity contribution < 1.29 is 43.0 Å². The largest absolute Gasteiger partial charge is 0.460 e. The zero-order valence-corrected chi connectivity index (χ0v) is 29.9. The van der Waals surface area contributed by atoms with Crippen LogP contribution >= 0.6 is 0 Å². The van der Waals surface area contributed by atoms with Gasteiger partial charge in [0.25, 0.3) is 0 Å². The van der Waals surface area contributed by atoms with Crippen LogP contribution in [0.5, 0.6) is 0 Å². The van der Waals surface area contributed by atoms with Gasteiger partial charge in [0.1, 0.15) is 43.0 Å². The molecule has 1 aromatic carbocycles. The Morgan fingerprint density at radius 3 is 2.18 bits per heavy atom. The number of esters is 2. The number of nitrogens with zero attached hydrogens (tertiary/aromatic N) is 1. The van der Waals surface area contributed by atoms with E-state index < -0.39 is 65.5 Å². The summed E-state index contributed by atoms with van der Waals surface area (Å²) in [6.45, 7) is 16.2. The third kappa shape index (κ3) is 14.3. The molecule has 0 unspecified atom stereocenters. The standard InChI is InChI=1S/C36H54N4O9/c1-9-20-47-34(45)30(24(4)5)39-31(42)26(17-18-29(41)49-36(6,7)8)37-32(43)27(21-23(2)3)38-33(44)28-16-13-19-40(28)35(46)48-22-25-14-11-10-12-15-25/h9-12,14-15,23-24,26-28,30H,1,13,16-22H2,2-8H3,(H,37,43)(H,38,44)(H,39,42)/t26-,27-,28-,30-/m0/s1. The molecule has 1 aliphatic rings. The lowest BCUT2D eigenvalue weighted by atomic mass is 10.0. The van der Waals surface area contributed by atoms with E-state index in [1.165, 1.54) is 11.0 Å². The van der Waals surface area contributed by atoms with Gasteiger partial charge < -0.3 is 30.2 Å². The molecule has 0 aliphatic carbocycles. The lowest BCUT2D eigenvalue weighted by Gasteiger charge is -2.28. The molecule has 49 heavy (non-hydrogen) atoms. The Morgan fingerprint density at radius 1 is 0.939 bits per heavy atom. The van der Waals surface area contributed by atoms with Gasteiger partial charge in [-0.2, -0.15) is 0 Å². The second-order valence-corrected chi connectivity index (χ2v) is 13.9. The quantitative estimate of drug-likeness (QED) is 0.125. The SMILES string of the molecule is C=CCOC(=O)[C@@H](NC(=O)[C@H](CCC(=O)OC(C)(C)C)NC(=O)[C@H](CC(C)C)NC(=O)[C@@H]1CCCN1C(=O)OCc1ccccc1)C(C)C. The van der Waals surface area contributed by atoms with E-state index >= 15 is 0 Å². The normalized spacial score (nSPS) is 16.3. The first-order valence-corrected chi connectivity index (χ1v) is 16.9. The van der Waals surface area contributed by atoms with Crippen molar-refractivity contribution in [3.63, 3.8) is 0 Å². The van der Waals surface area contributed by atoms with E-state index in [9.17, 15) is 28.8 Å². The van der Waals surface area contributed by atoms with Gasteiger partial charge in [-0.3, -0.25) is 24.1 Å². The predicted octanol–water partition coefficient (Wildman–Crippen LogP) is 3.80. The van der Waals surface area contributed by atoms with Crippen LogP contribution in [0.2, 0.25) is 0 Å². The maximum atomic E-state index is 13.8.